The first-order valence-electron chi connectivity index (χ1n) is 7.27. The van der Waals surface area contributed by atoms with Crippen LogP contribution >= 0.6 is 0 Å². The Labute approximate surface area is 124 Å². The van der Waals surface area contributed by atoms with Crippen molar-refractivity contribution in [2.24, 2.45) is 11.3 Å². The van der Waals surface area contributed by atoms with Gasteiger partial charge in [-0.1, -0.05) is 13.8 Å². The van der Waals surface area contributed by atoms with Gasteiger partial charge in [0, 0.05) is 18.2 Å². The molecule has 1 aliphatic heterocycles. The summed E-state index contributed by atoms with van der Waals surface area (Å²) in [6.07, 6.45) is 0.601. The summed E-state index contributed by atoms with van der Waals surface area (Å²) in [5.74, 6) is -0.489. The van der Waals surface area contributed by atoms with Gasteiger partial charge in [-0.15, -0.1) is 0 Å². The SMILES string of the molecule is CC(c1cc(O)ccc1O)N1CCC(C(=O)O)(C(C)C)C1. The summed E-state index contributed by atoms with van der Waals surface area (Å²) in [5, 5.41) is 29.1. The molecular formula is C16H23NO4. The Bertz CT molecular complexity index is 543. The van der Waals surface area contributed by atoms with Crippen LogP contribution in [0.25, 0.3) is 0 Å². The number of phenolic OH excluding ortho intramolecular Hbond substituents is 2. The third-order valence-corrected chi connectivity index (χ3v) is 4.87. The summed E-state index contributed by atoms with van der Waals surface area (Å²) in [7, 11) is 0. The Kier molecular flexibility index (Phi) is 4.14. The maximum absolute atomic E-state index is 11.7. The zero-order valence-corrected chi connectivity index (χ0v) is 12.7. The van der Waals surface area contributed by atoms with Crippen molar-refractivity contribution in [1.29, 1.82) is 0 Å². The summed E-state index contributed by atoms with van der Waals surface area (Å²) in [6, 6.07) is 4.29. The largest absolute Gasteiger partial charge is 0.508 e. The monoisotopic (exact) mass is 293 g/mol. The van der Waals surface area contributed by atoms with E-state index in [1.54, 1.807) is 0 Å². The van der Waals surface area contributed by atoms with Gasteiger partial charge < -0.3 is 15.3 Å². The van der Waals surface area contributed by atoms with Crippen molar-refractivity contribution in [3.8, 4) is 11.5 Å². The summed E-state index contributed by atoms with van der Waals surface area (Å²) >= 11 is 0. The zero-order chi connectivity index (χ0) is 15.8. The van der Waals surface area contributed by atoms with Gasteiger partial charge in [-0.05, 0) is 44.0 Å². The molecule has 1 saturated heterocycles. The minimum absolute atomic E-state index is 0.0463. The molecular weight excluding hydrogens is 270 g/mol. The maximum atomic E-state index is 11.7. The zero-order valence-electron chi connectivity index (χ0n) is 12.7. The van der Waals surface area contributed by atoms with Crippen molar-refractivity contribution in [3.05, 3.63) is 23.8 Å². The van der Waals surface area contributed by atoms with E-state index in [2.05, 4.69) is 4.90 Å². The van der Waals surface area contributed by atoms with Gasteiger partial charge in [-0.25, -0.2) is 0 Å². The van der Waals surface area contributed by atoms with E-state index in [1.165, 1.54) is 18.2 Å². The number of carboxylic acid groups (broad SMARTS) is 1. The number of likely N-dealkylation sites (tertiary alicyclic amines) is 1. The van der Waals surface area contributed by atoms with E-state index in [-0.39, 0.29) is 23.5 Å². The number of carboxylic acids is 1. The van der Waals surface area contributed by atoms with Crippen LogP contribution in [0, 0.1) is 11.3 Å². The van der Waals surface area contributed by atoms with Crippen LogP contribution in [0.15, 0.2) is 18.2 Å². The van der Waals surface area contributed by atoms with Crippen molar-refractivity contribution < 1.29 is 20.1 Å². The topological polar surface area (TPSA) is 81.0 Å². The molecule has 2 atom stereocenters. The first-order valence-corrected chi connectivity index (χ1v) is 7.27. The van der Waals surface area contributed by atoms with Crippen LogP contribution in [0.4, 0.5) is 0 Å². The van der Waals surface area contributed by atoms with Crippen LogP contribution in [0.1, 0.15) is 38.8 Å². The number of phenols is 2. The van der Waals surface area contributed by atoms with Crippen molar-refractivity contribution >= 4 is 5.97 Å². The number of hydrogen-bond acceptors (Lipinski definition) is 4. The summed E-state index contributed by atoms with van der Waals surface area (Å²) in [4.78, 5) is 13.7. The highest BCUT2D eigenvalue weighted by molar-refractivity contribution is 5.75. The molecule has 0 amide bonds. The van der Waals surface area contributed by atoms with Gasteiger partial charge >= 0.3 is 5.97 Å². The molecule has 2 unspecified atom stereocenters. The highest BCUT2D eigenvalue weighted by atomic mass is 16.4. The van der Waals surface area contributed by atoms with Crippen molar-refractivity contribution in [3.63, 3.8) is 0 Å². The minimum atomic E-state index is -0.757. The first kappa shape index (κ1) is 15.6. The summed E-state index contributed by atoms with van der Waals surface area (Å²) in [5.41, 5.74) is -0.110. The van der Waals surface area contributed by atoms with E-state index in [4.69, 9.17) is 0 Å². The van der Waals surface area contributed by atoms with Crippen LogP contribution in [0.3, 0.4) is 0 Å². The number of rotatable bonds is 4. The van der Waals surface area contributed by atoms with E-state index in [0.29, 0.717) is 25.1 Å². The predicted molar refractivity (Wildman–Crippen MR) is 79.3 cm³/mol. The molecule has 5 nitrogen and oxygen atoms in total. The van der Waals surface area contributed by atoms with Gasteiger partial charge in [0.15, 0.2) is 0 Å². The fourth-order valence-corrected chi connectivity index (χ4v) is 3.16. The lowest BCUT2D eigenvalue weighted by Gasteiger charge is -2.31. The molecule has 1 heterocycles. The summed E-state index contributed by atoms with van der Waals surface area (Å²) < 4.78 is 0. The van der Waals surface area contributed by atoms with Crippen molar-refractivity contribution in [2.75, 3.05) is 13.1 Å². The van der Waals surface area contributed by atoms with Crippen LogP contribution in [0.2, 0.25) is 0 Å². The Morgan fingerprint density at radius 2 is 1.95 bits per heavy atom. The first-order chi connectivity index (χ1) is 9.78. The van der Waals surface area contributed by atoms with Gasteiger partial charge in [0.05, 0.1) is 5.41 Å². The molecule has 5 heteroatoms. The van der Waals surface area contributed by atoms with Crippen LogP contribution in [0.5, 0.6) is 11.5 Å². The molecule has 0 radical (unpaired) electrons. The average molecular weight is 293 g/mol. The highest BCUT2D eigenvalue weighted by Gasteiger charge is 2.48. The lowest BCUT2D eigenvalue weighted by Crippen LogP contribution is -2.39. The third kappa shape index (κ3) is 2.70. The second-order valence-electron chi connectivity index (χ2n) is 6.26. The molecule has 21 heavy (non-hydrogen) atoms. The normalized spacial score (nSPS) is 24.4. The maximum Gasteiger partial charge on any atom is 0.311 e. The second-order valence-corrected chi connectivity index (χ2v) is 6.26. The molecule has 1 aromatic carbocycles. The van der Waals surface area contributed by atoms with Crippen LogP contribution in [-0.4, -0.2) is 39.3 Å². The molecule has 0 spiro atoms. The minimum Gasteiger partial charge on any atom is -0.508 e. The van der Waals surface area contributed by atoms with Gasteiger partial charge in [0.25, 0.3) is 0 Å². The molecule has 1 aliphatic rings. The Hall–Kier alpha value is -1.75. The van der Waals surface area contributed by atoms with Crippen LogP contribution in [-0.2, 0) is 4.79 Å². The number of carbonyl (C=O) groups is 1. The fourth-order valence-electron chi connectivity index (χ4n) is 3.16. The van der Waals surface area contributed by atoms with Gasteiger partial charge in [-0.2, -0.15) is 0 Å². The quantitative estimate of drug-likeness (QED) is 0.743. The smallest absolute Gasteiger partial charge is 0.311 e. The highest BCUT2D eigenvalue weighted by Crippen LogP contribution is 2.42. The Morgan fingerprint density at radius 1 is 1.29 bits per heavy atom. The lowest BCUT2D eigenvalue weighted by atomic mass is 9.76. The van der Waals surface area contributed by atoms with E-state index in [0.717, 1.165) is 0 Å². The second kappa shape index (κ2) is 5.56. The molecule has 3 N–H and O–H groups in total. The fraction of sp³-hybridized carbons (Fsp3) is 0.562. The Balaban J connectivity index is 2.24. The molecule has 0 aliphatic carbocycles. The predicted octanol–water partition coefficient (Wildman–Crippen LogP) is 2.59. The van der Waals surface area contributed by atoms with Crippen molar-refractivity contribution in [2.45, 2.75) is 33.2 Å². The van der Waals surface area contributed by atoms with E-state index >= 15 is 0 Å². The number of aliphatic carboxylic acids is 1. The van der Waals surface area contributed by atoms with Crippen LogP contribution < -0.4 is 0 Å². The molecule has 0 saturated carbocycles. The lowest BCUT2D eigenvalue weighted by molar-refractivity contribution is -0.151. The number of hydrogen-bond donors (Lipinski definition) is 3. The number of aromatic hydroxyl groups is 2. The van der Waals surface area contributed by atoms with Crippen molar-refractivity contribution in [1.82, 2.24) is 4.90 Å². The standard InChI is InChI=1S/C16H23NO4/c1-10(2)16(15(20)21)6-7-17(9-16)11(3)13-8-12(18)4-5-14(13)19/h4-5,8,10-11,18-19H,6-7,9H2,1-3H3,(H,20,21). The van der Waals surface area contributed by atoms with E-state index < -0.39 is 11.4 Å². The summed E-state index contributed by atoms with van der Waals surface area (Å²) in [6.45, 7) is 6.92. The molecule has 2 rings (SSSR count). The van der Waals surface area contributed by atoms with E-state index in [9.17, 15) is 20.1 Å². The Morgan fingerprint density at radius 3 is 2.48 bits per heavy atom. The van der Waals surface area contributed by atoms with Gasteiger partial charge in [0.1, 0.15) is 11.5 Å². The molecule has 0 aromatic heterocycles. The molecule has 1 aromatic rings. The molecule has 116 valence electrons. The van der Waals surface area contributed by atoms with Gasteiger partial charge in [-0.3, -0.25) is 9.69 Å². The van der Waals surface area contributed by atoms with E-state index in [1.807, 2.05) is 20.8 Å². The van der Waals surface area contributed by atoms with Gasteiger partial charge in [0.2, 0.25) is 0 Å². The molecule has 1 fully saturated rings. The average Bonchev–Trinajstić information content (AvgIpc) is 2.87. The third-order valence-electron chi connectivity index (χ3n) is 4.87. The molecule has 0 bridgehead atoms. The number of nitrogens with zero attached hydrogens (tertiary/aromatic N) is 1. The number of benzene rings is 1.